The van der Waals surface area contributed by atoms with Crippen LogP contribution in [-0.4, -0.2) is 22.4 Å². The van der Waals surface area contributed by atoms with Crippen molar-refractivity contribution in [2.24, 2.45) is 0 Å². The molecule has 0 unspecified atom stereocenters. The van der Waals surface area contributed by atoms with E-state index in [1.165, 1.54) is 11.9 Å². The predicted octanol–water partition coefficient (Wildman–Crippen LogP) is 3.38. The molecule has 0 radical (unpaired) electrons. The normalized spacial score (nSPS) is 10.3. The molecule has 18 heavy (non-hydrogen) atoms. The summed E-state index contributed by atoms with van der Waals surface area (Å²) in [7, 11) is 0. The van der Waals surface area contributed by atoms with Crippen molar-refractivity contribution in [2.45, 2.75) is 6.54 Å². The van der Waals surface area contributed by atoms with Gasteiger partial charge in [0, 0.05) is 19.0 Å². The molecule has 0 fully saturated rings. The summed E-state index contributed by atoms with van der Waals surface area (Å²) < 4.78 is 0. The third-order valence-corrected chi connectivity index (χ3v) is 2.95. The Kier molecular flexibility index (Phi) is 4.79. The largest absolute Gasteiger partial charge is 0.350 e. The first-order valence-corrected chi connectivity index (χ1v) is 6.53. The summed E-state index contributed by atoms with van der Waals surface area (Å²) in [5.74, 6) is 1.24. The molecule has 5 heteroatoms. The van der Waals surface area contributed by atoms with Crippen LogP contribution in [0, 0.1) is 0 Å². The topological polar surface area (TPSA) is 29.0 Å². The van der Waals surface area contributed by atoms with Crippen LogP contribution < -0.4 is 4.90 Å². The number of rotatable bonds is 5. The number of hydrogen-bond acceptors (Lipinski definition) is 3. The van der Waals surface area contributed by atoms with E-state index in [0.29, 0.717) is 17.4 Å². The van der Waals surface area contributed by atoms with Gasteiger partial charge in [-0.25, -0.2) is 9.97 Å². The number of hydrogen-bond donors (Lipinski definition) is 0. The predicted molar refractivity (Wildman–Crippen MR) is 75.3 cm³/mol. The summed E-state index contributed by atoms with van der Waals surface area (Å²) >= 11 is 11.9. The minimum atomic E-state index is 0.521. The molecule has 94 valence electrons. The SMILES string of the molecule is ClCCN(Cc1ccccc1)c1ncncc1Cl. The van der Waals surface area contributed by atoms with Gasteiger partial charge < -0.3 is 4.90 Å². The average Bonchev–Trinajstić information content (AvgIpc) is 2.40. The molecule has 0 saturated heterocycles. The van der Waals surface area contributed by atoms with Crippen molar-refractivity contribution >= 4 is 29.0 Å². The average molecular weight is 282 g/mol. The van der Waals surface area contributed by atoms with Gasteiger partial charge in [0.05, 0.1) is 6.20 Å². The number of anilines is 1. The summed E-state index contributed by atoms with van der Waals surface area (Å²) in [5.41, 5.74) is 1.19. The zero-order chi connectivity index (χ0) is 12.8. The highest BCUT2D eigenvalue weighted by Crippen LogP contribution is 2.23. The lowest BCUT2D eigenvalue weighted by atomic mass is 10.2. The maximum absolute atomic E-state index is 6.11. The number of benzene rings is 1. The monoisotopic (exact) mass is 281 g/mol. The third-order valence-electron chi connectivity index (χ3n) is 2.52. The van der Waals surface area contributed by atoms with Gasteiger partial charge in [0.25, 0.3) is 0 Å². The van der Waals surface area contributed by atoms with Gasteiger partial charge in [0.1, 0.15) is 11.3 Å². The molecule has 3 nitrogen and oxygen atoms in total. The summed E-state index contributed by atoms with van der Waals surface area (Å²) in [6, 6.07) is 10.1. The van der Waals surface area contributed by atoms with Crippen molar-refractivity contribution < 1.29 is 0 Å². The Hall–Kier alpha value is -1.32. The Balaban J connectivity index is 2.21. The van der Waals surface area contributed by atoms with E-state index in [1.54, 1.807) is 6.20 Å². The highest BCUT2D eigenvalue weighted by molar-refractivity contribution is 6.32. The van der Waals surface area contributed by atoms with Crippen LogP contribution in [0.15, 0.2) is 42.9 Å². The maximum atomic E-state index is 6.11. The number of alkyl halides is 1. The standard InChI is InChI=1S/C13H13Cl2N3/c14-6-7-18(9-11-4-2-1-3-5-11)13-12(15)8-16-10-17-13/h1-5,8,10H,6-7,9H2. The van der Waals surface area contributed by atoms with E-state index in [1.807, 2.05) is 23.1 Å². The highest BCUT2D eigenvalue weighted by atomic mass is 35.5. The molecular formula is C13H13Cl2N3. The van der Waals surface area contributed by atoms with Gasteiger partial charge in [-0.2, -0.15) is 0 Å². The van der Waals surface area contributed by atoms with Crippen molar-refractivity contribution in [1.82, 2.24) is 9.97 Å². The molecule has 0 bridgehead atoms. The Bertz CT molecular complexity index is 491. The Morgan fingerprint density at radius 1 is 1.17 bits per heavy atom. The Morgan fingerprint density at radius 2 is 1.94 bits per heavy atom. The van der Waals surface area contributed by atoms with Crippen LogP contribution in [0.3, 0.4) is 0 Å². The van der Waals surface area contributed by atoms with E-state index < -0.39 is 0 Å². The van der Waals surface area contributed by atoms with Crippen LogP contribution in [0.5, 0.6) is 0 Å². The van der Waals surface area contributed by atoms with Crippen molar-refractivity contribution in [3.63, 3.8) is 0 Å². The van der Waals surface area contributed by atoms with Gasteiger partial charge in [0.2, 0.25) is 0 Å². The van der Waals surface area contributed by atoms with Crippen LogP contribution in [0.25, 0.3) is 0 Å². The lowest BCUT2D eigenvalue weighted by molar-refractivity contribution is 0.813. The summed E-state index contributed by atoms with van der Waals surface area (Å²) in [6.07, 6.45) is 3.09. The zero-order valence-corrected chi connectivity index (χ0v) is 11.3. The molecule has 0 saturated carbocycles. The summed E-state index contributed by atoms with van der Waals surface area (Å²) in [6.45, 7) is 1.41. The van der Waals surface area contributed by atoms with Gasteiger partial charge in [-0.05, 0) is 5.56 Å². The third kappa shape index (κ3) is 3.34. The molecule has 0 atom stereocenters. The molecule has 1 aromatic heterocycles. The molecule has 1 heterocycles. The van der Waals surface area contributed by atoms with Crippen molar-refractivity contribution in [1.29, 1.82) is 0 Å². The van der Waals surface area contributed by atoms with Crippen LogP contribution in [-0.2, 0) is 6.54 Å². The molecule has 2 aromatic rings. The molecule has 2 rings (SSSR count). The second kappa shape index (κ2) is 6.57. The lowest BCUT2D eigenvalue weighted by Crippen LogP contribution is -2.26. The van der Waals surface area contributed by atoms with E-state index in [4.69, 9.17) is 23.2 Å². The van der Waals surface area contributed by atoms with Crippen LogP contribution in [0.2, 0.25) is 5.02 Å². The van der Waals surface area contributed by atoms with Gasteiger partial charge >= 0.3 is 0 Å². The first-order chi connectivity index (χ1) is 8.81. The van der Waals surface area contributed by atoms with Gasteiger partial charge in [-0.3, -0.25) is 0 Å². The molecule has 0 N–H and O–H groups in total. The summed E-state index contributed by atoms with van der Waals surface area (Å²) in [5, 5.41) is 0.540. The fourth-order valence-corrected chi connectivity index (χ4v) is 2.13. The van der Waals surface area contributed by atoms with E-state index in [2.05, 4.69) is 22.1 Å². The first-order valence-electron chi connectivity index (χ1n) is 5.61. The van der Waals surface area contributed by atoms with Crippen LogP contribution >= 0.6 is 23.2 Å². The maximum Gasteiger partial charge on any atom is 0.151 e. The second-order valence-electron chi connectivity index (χ2n) is 3.79. The fourth-order valence-electron chi connectivity index (χ4n) is 1.70. The van der Waals surface area contributed by atoms with E-state index >= 15 is 0 Å². The number of aromatic nitrogens is 2. The van der Waals surface area contributed by atoms with Crippen molar-refractivity contribution in [3.8, 4) is 0 Å². The molecule has 0 aliphatic carbocycles. The van der Waals surface area contributed by atoms with Crippen LogP contribution in [0.1, 0.15) is 5.56 Å². The van der Waals surface area contributed by atoms with Crippen LogP contribution in [0.4, 0.5) is 5.82 Å². The minimum Gasteiger partial charge on any atom is -0.350 e. The first kappa shape index (κ1) is 13.1. The van der Waals surface area contributed by atoms with Crippen molar-refractivity contribution in [2.75, 3.05) is 17.3 Å². The number of nitrogens with zero attached hydrogens (tertiary/aromatic N) is 3. The highest BCUT2D eigenvalue weighted by Gasteiger charge is 2.11. The van der Waals surface area contributed by atoms with Gasteiger partial charge in [-0.1, -0.05) is 41.9 Å². The van der Waals surface area contributed by atoms with E-state index in [-0.39, 0.29) is 0 Å². The Morgan fingerprint density at radius 3 is 2.61 bits per heavy atom. The lowest BCUT2D eigenvalue weighted by Gasteiger charge is -2.23. The Labute approximate surface area is 116 Å². The van der Waals surface area contributed by atoms with E-state index in [0.717, 1.165) is 12.4 Å². The van der Waals surface area contributed by atoms with Gasteiger partial charge in [0.15, 0.2) is 5.82 Å². The molecule has 0 aliphatic heterocycles. The van der Waals surface area contributed by atoms with Gasteiger partial charge in [-0.15, -0.1) is 11.6 Å². The minimum absolute atomic E-state index is 0.521. The fraction of sp³-hybridized carbons (Fsp3) is 0.231. The summed E-state index contributed by atoms with van der Waals surface area (Å²) in [4.78, 5) is 10.2. The smallest absolute Gasteiger partial charge is 0.151 e. The number of halogens is 2. The molecular weight excluding hydrogens is 269 g/mol. The van der Waals surface area contributed by atoms with E-state index in [9.17, 15) is 0 Å². The molecule has 0 spiro atoms. The molecule has 0 amide bonds. The second-order valence-corrected chi connectivity index (χ2v) is 4.58. The quantitative estimate of drug-likeness (QED) is 0.787. The molecule has 1 aromatic carbocycles. The molecule has 0 aliphatic rings. The van der Waals surface area contributed by atoms with Crippen molar-refractivity contribution in [3.05, 3.63) is 53.4 Å². The zero-order valence-electron chi connectivity index (χ0n) is 9.76.